The molecule has 1 aromatic rings. The van der Waals surface area contributed by atoms with Gasteiger partial charge in [-0.05, 0) is 44.3 Å². The average molecular weight is 278 g/mol. The molecule has 5 heteroatoms. The predicted octanol–water partition coefficient (Wildman–Crippen LogP) is 1.25. The number of rotatable bonds is 6. The first-order chi connectivity index (χ1) is 9.66. The van der Waals surface area contributed by atoms with Gasteiger partial charge in [0.2, 0.25) is 5.91 Å². The van der Waals surface area contributed by atoms with Crippen LogP contribution in [0.1, 0.15) is 38.2 Å². The maximum absolute atomic E-state index is 12.5. The Balaban J connectivity index is 1.85. The molecule has 0 aliphatic carbocycles. The van der Waals surface area contributed by atoms with Crippen molar-refractivity contribution in [3.8, 4) is 0 Å². The van der Waals surface area contributed by atoms with E-state index in [2.05, 4.69) is 22.7 Å². The number of aromatic nitrogens is 2. The Morgan fingerprint density at radius 1 is 1.50 bits per heavy atom. The molecule has 1 saturated heterocycles. The Kier molecular flexibility index (Phi) is 5.17. The van der Waals surface area contributed by atoms with E-state index in [1.807, 2.05) is 19.4 Å². The number of hydrogen-bond donors (Lipinski definition) is 2. The van der Waals surface area contributed by atoms with Crippen LogP contribution in [0.2, 0.25) is 0 Å². The van der Waals surface area contributed by atoms with Crippen LogP contribution < -0.4 is 10.6 Å². The number of hydrogen-bond acceptors (Lipinski definition) is 3. The number of nitrogens with zero attached hydrogens (tertiary/aromatic N) is 2. The number of nitrogens with one attached hydrogen (secondary N) is 2. The molecule has 1 aliphatic rings. The SMILES string of the molecule is CCCC1(C(=O)NCCc2cnn(C)c2)CCNCC1. The van der Waals surface area contributed by atoms with Gasteiger partial charge < -0.3 is 10.6 Å². The molecule has 1 aromatic heterocycles. The van der Waals surface area contributed by atoms with Crippen molar-refractivity contribution in [2.24, 2.45) is 12.5 Å². The number of carbonyl (C=O) groups excluding carboxylic acids is 1. The smallest absolute Gasteiger partial charge is 0.226 e. The van der Waals surface area contributed by atoms with Gasteiger partial charge in [0.15, 0.2) is 0 Å². The molecule has 1 fully saturated rings. The lowest BCUT2D eigenvalue weighted by atomic mass is 9.74. The van der Waals surface area contributed by atoms with Crippen LogP contribution in [0, 0.1) is 5.41 Å². The molecule has 0 saturated carbocycles. The van der Waals surface area contributed by atoms with E-state index < -0.39 is 0 Å². The molecule has 2 rings (SSSR count). The van der Waals surface area contributed by atoms with Gasteiger partial charge in [0.1, 0.15) is 0 Å². The summed E-state index contributed by atoms with van der Waals surface area (Å²) in [6.45, 7) is 4.77. The minimum Gasteiger partial charge on any atom is -0.355 e. The zero-order valence-electron chi connectivity index (χ0n) is 12.6. The Morgan fingerprint density at radius 2 is 2.25 bits per heavy atom. The second kappa shape index (κ2) is 6.88. The lowest BCUT2D eigenvalue weighted by Gasteiger charge is -2.36. The molecular weight excluding hydrogens is 252 g/mol. The first-order valence-corrected chi connectivity index (χ1v) is 7.63. The molecule has 5 nitrogen and oxygen atoms in total. The Bertz CT molecular complexity index is 429. The highest BCUT2D eigenvalue weighted by Crippen LogP contribution is 2.34. The van der Waals surface area contributed by atoms with Crippen LogP contribution >= 0.6 is 0 Å². The van der Waals surface area contributed by atoms with Gasteiger partial charge in [0.25, 0.3) is 0 Å². The van der Waals surface area contributed by atoms with Crippen molar-refractivity contribution in [3.63, 3.8) is 0 Å². The highest BCUT2D eigenvalue weighted by molar-refractivity contribution is 5.82. The molecule has 0 spiro atoms. The quantitative estimate of drug-likeness (QED) is 0.823. The monoisotopic (exact) mass is 278 g/mol. The number of piperidine rings is 1. The van der Waals surface area contributed by atoms with Crippen LogP contribution in [0.4, 0.5) is 0 Å². The molecule has 1 amide bonds. The van der Waals surface area contributed by atoms with Gasteiger partial charge >= 0.3 is 0 Å². The normalized spacial score (nSPS) is 17.9. The van der Waals surface area contributed by atoms with E-state index >= 15 is 0 Å². The van der Waals surface area contributed by atoms with Crippen molar-refractivity contribution < 1.29 is 4.79 Å². The van der Waals surface area contributed by atoms with E-state index in [9.17, 15) is 4.79 Å². The molecule has 0 unspecified atom stereocenters. The highest BCUT2D eigenvalue weighted by Gasteiger charge is 2.38. The van der Waals surface area contributed by atoms with Crippen molar-refractivity contribution in [1.29, 1.82) is 0 Å². The fourth-order valence-electron chi connectivity index (χ4n) is 3.08. The summed E-state index contributed by atoms with van der Waals surface area (Å²) in [7, 11) is 1.91. The van der Waals surface area contributed by atoms with E-state index in [0.29, 0.717) is 6.54 Å². The molecule has 0 radical (unpaired) electrons. The van der Waals surface area contributed by atoms with Crippen molar-refractivity contribution >= 4 is 5.91 Å². The summed E-state index contributed by atoms with van der Waals surface area (Å²) in [6, 6.07) is 0. The summed E-state index contributed by atoms with van der Waals surface area (Å²) < 4.78 is 1.79. The Hall–Kier alpha value is -1.36. The zero-order chi connectivity index (χ0) is 14.4. The predicted molar refractivity (Wildman–Crippen MR) is 79.4 cm³/mol. The summed E-state index contributed by atoms with van der Waals surface area (Å²) in [6.07, 6.45) is 8.68. The minimum atomic E-state index is -0.144. The molecular formula is C15H26N4O. The molecule has 0 aromatic carbocycles. The third-order valence-electron chi connectivity index (χ3n) is 4.23. The topological polar surface area (TPSA) is 59.0 Å². The largest absolute Gasteiger partial charge is 0.355 e. The van der Waals surface area contributed by atoms with Crippen LogP contribution in [-0.4, -0.2) is 35.3 Å². The van der Waals surface area contributed by atoms with Crippen LogP contribution in [0.25, 0.3) is 0 Å². The highest BCUT2D eigenvalue weighted by atomic mass is 16.2. The van der Waals surface area contributed by atoms with Crippen LogP contribution in [0.15, 0.2) is 12.4 Å². The zero-order valence-corrected chi connectivity index (χ0v) is 12.6. The lowest BCUT2D eigenvalue weighted by Crippen LogP contribution is -2.48. The maximum atomic E-state index is 12.5. The third kappa shape index (κ3) is 3.60. The molecule has 2 N–H and O–H groups in total. The number of amides is 1. The molecule has 2 heterocycles. The fraction of sp³-hybridized carbons (Fsp3) is 0.733. The van der Waals surface area contributed by atoms with Crippen molar-refractivity contribution in [2.75, 3.05) is 19.6 Å². The second-order valence-corrected chi connectivity index (χ2v) is 5.81. The van der Waals surface area contributed by atoms with Crippen LogP contribution in [-0.2, 0) is 18.3 Å². The summed E-state index contributed by atoms with van der Waals surface area (Å²) in [5, 5.41) is 10.6. The van der Waals surface area contributed by atoms with Gasteiger partial charge in [-0.1, -0.05) is 13.3 Å². The van der Waals surface area contributed by atoms with Crippen molar-refractivity contribution in [1.82, 2.24) is 20.4 Å². The number of carbonyl (C=O) groups is 1. The van der Waals surface area contributed by atoms with Crippen LogP contribution in [0.3, 0.4) is 0 Å². The van der Waals surface area contributed by atoms with Gasteiger partial charge in [-0.2, -0.15) is 5.10 Å². The molecule has 0 bridgehead atoms. The third-order valence-corrected chi connectivity index (χ3v) is 4.23. The molecule has 112 valence electrons. The van der Waals surface area contributed by atoms with Crippen molar-refractivity contribution in [3.05, 3.63) is 18.0 Å². The minimum absolute atomic E-state index is 0.144. The van der Waals surface area contributed by atoms with E-state index in [1.54, 1.807) is 4.68 Å². The Labute approximate surface area is 121 Å². The summed E-state index contributed by atoms with van der Waals surface area (Å²) in [5.41, 5.74) is 1.03. The van der Waals surface area contributed by atoms with Gasteiger partial charge in [-0.15, -0.1) is 0 Å². The van der Waals surface area contributed by atoms with E-state index in [-0.39, 0.29) is 11.3 Å². The van der Waals surface area contributed by atoms with E-state index in [0.717, 1.165) is 45.2 Å². The average Bonchev–Trinajstić information content (AvgIpc) is 2.86. The maximum Gasteiger partial charge on any atom is 0.226 e. The summed E-state index contributed by atoms with van der Waals surface area (Å²) >= 11 is 0. The van der Waals surface area contributed by atoms with Gasteiger partial charge in [-0.25, -0.2) is 0 Å². The summed E-state index contributed by atoms with van der Waals surface area (Å²) in [4.78, 5) is 12.5. The fourth-order valence-corrected chi connectivity index (χ4v) is 3.08. The first kappa shape index (κ1) is 15.0. The summed E-state index contributed by atoms with van der Waals surface area (Å²) in [5.74, 6) is 0.241. The lowest BCUT2D eigenvalue weighted by molar-refractivity contribution is -0.133. The Morgan fingerprint density at radius 3 is 2.85 bits per heavy atom. The van der Waals surface area contributed by atoms with Gasteiger partial charge in [0, 0.05) is 19.8 Å². The molecule has 0 atom stereocenters. The number of aryl methyl sites for hydroxylation is 1. The van der Waals surface area contributed by atoms with Gasteiger partial charge in [-0.3, -0.25) is 9.48 Å². The second-order valence-electron chi connectivity index (χ2n) is 5.81. The van der Waals surface area contributed by atoms with E-state index in [4.69, 9.17) is 0 Å². The van der Waals surface area contributed by atoms with Crippen LogP contribution in [0.5, 0.6) is 0 Å². The standard InChI is InChI=1S/C15H26N4O/c1-3-5-15(6-9-16-10-7-15)14(20)17-8-4-13-11-18-19(2)12-13/h11-12,16H,3-10H2,1-2H3,(H,17,20). The first-order valence-electron chi connectivity index (χ1n) is 7.63. The van der Waals surface area contributed by atoms with Crippen molar-refractivity contribution in [2.45, 2.75) is 39.0 Å². The molecule has 20 heavy (non-hydrogen) atoms. The van der Waals surface area contributed by atoms with Gasteiger partial charge in [0.05, 0.1) is 11.6 Å². The van der Waals surface area contributed by atoms with E-state index in [1.165, 1.54) is 5.56 Å². The molecule has 1 aliphatic heterocycles.